The first kappa shape index (κ1) is 18.0. The van der Waals surface area contributed by atoms with Gasteiger partial charge in [-0.25, -0.2) is 4.39 Å². The predicted octanol–water partition coefficient (Wildman–Crippen LogP) is 4.80. The first-order chi connectivity index (χ1) is 12.8. The largest absolute Gasteiger partial charge is 0.364 e. The summed E-state index contributed by atoms with van der Waals surface area (Å²) in [5.41, 5.74) is 2.38. The zero-order valence-electron chi connectivity index (χ0n) is 16.3. The van der Waals surface area contributed by atoms with Gasteiger partial charge in [-0.1, -0.05) is 24.3 Å². The molecule has 2 aliphatic heterocycles. The van der Waals surface area contributed by atoms with Crippen molar-refractivity contribution in [3.05, 3.63) is 65.5 Å². The van der Waals surface area contributed by atoms with Gasteiger partial charge in [0.2, 0.25) is 0 Å². The van der Waals surface area contributed by atoms with Crippen molar-refractivity contribution in [3.8, 4) is 0 Å². The van der Waals surface area contributed by atoms with E-state index in [-0.39, 0.29) is 22.8 Å². The number of hydrogen-bond donors (Lipinski definition) is 0. The number of amides is 1. The summed E-state index contributed by atoms with van der Waals surface area (Å²) in [6.07, 6.45) is 2.92. The van der Waals surface area contributed by atoms with Gasteiger partial charge in [-0.2, -0.15) is 0 Å². The number of halogens is 1. The van der Waals surface area contributed by atoms with E-state index in [0.29, 0.717) is 0 Å². The Balaban J connectivity index is 1.68. The van der Waals surface area contributed by atoms with E-state index in [9.17, 15) is 9.18 Å². The number of nitrogens with zero attached hydrogens (tertiary/aromatic N) is 2. The van der Waals surface area contributed by atoms with E-state index in [1.165, 1.54) is 6.07 Å². The highest BCUT2D eigenvalue weighted by molar-refractivity contribution is 5.96. The van der Waals surface area contributed by atoms with Gasteiger partial charge in [0.15, 0.2) is 0 Å². The van der Waals surface area contributed by atoms with Crippen LogP contribution in [-0.4, -0.2) is 35.0 Å². The third-order valence-corrected chi connectivity index (χ3v) is 6.28. The van der Waals surface area contributed by atoms with E-state index in [0.717, 1.165) is 49.2 Å². The van der Waals surface area contributed by atoms with Crippen molar-refractivity contribution in [1.29, 1.82) is 0 Å². The van der Waals surface area contributed by atoms with Gasteiger partial charge in [-0.05, 0) is 69.9 Å². The summed E-state index contributed by atoms with van der Waals surface area (Å²) in [5, 5.41) is 0. The molecule has 1 atom stereocenters. The Hall–Kier alpha value is -2.36. The highest BCUT2D eigenvalue weighted by atomic mass is 19.1. The summed E-state index contributed by atoms with van der Waals surface area (Å²) in [4.78, 5) is 17.8. The van der Waals surface area contributed by atoms with Crippen molar-refractivity contribution in [2.45, 2.75) is 51.1 Å². The number of carbonyl (C=O) groups is 1. The summed E-state index contributed by atoms with van der Waals surface area (Å²) >= 11 is 0. The smallest absolute Gasteiger partial charge is 0.254 e. The van der Waals surface area contributed by atoms with E-state index in [1.54, 1.807) is 12.1 Å². The van der Waals surface area contributed by atoms with Crippen LogP contribution in [0.2, 0.25) is 0 Å². The van der Waals surface area contributed by atoms with Crippen LogP contribution >= 0.6 is 0 Å². The Kier molecular flexibility index (Phi) is 4.25. The molecule has 142 valence electrons. The lowest BCUT2D eigenvalue weighted by Crippen LogP contribution is -2.49. The van der Waals surface area contributed by atoms with Crippen molar-refractivity contribution in [2.75, 3.05) is 18.0 Å². The second-order valence-corrected chi connectivity index (χ2v) is 8.65. The Labute approximate surface area is 160 Å². The van der Waals surface area contributed by atoms with Crippen molar-refractivity contribution < 1.29 is 9.18 Å². The van der Waals surface area contributed by atoms with Gasteiger partial charge in [0, 0.05) is 29.9 Å². The molecule has 4 heteroatoms. The van der Waals surface area contributed by atoms with Crippen LogP contribution in [0.3, 0.4) is 0 Å². The highest BCUT2D eigenvalue weighted by Gasteiger charge is 2.55. The molecule has 4 rings (SSSR count). The molecule has 1 spiro atoms. The summed E-state index contributed by atoms with van der Waals surface area (Å²) in [7, 11) is 0. The standard InChI is InChI=1S/C23H27FN2O/c1-17-8-4-5-11-20(17)21(27)25-13-7-12-23(25)15-22(2,3)26(16-23)19-10-6-9-18(24)14-19/h4-6,8-11,14H,7,12-13,15-16H2,1-3H3. The van der Waals surface area contributed by atoms with Crippen molar-refractivity contribution in [2.24, 2.45) is 0 Å². The molecule has 2 aromatic carbocycles. The zero-order chi connectivity index (χ0) is 19.2. The lowest BCUT2D eigenvalue weighted by molar-refractivity contribution is 0.0616. The van der Waals surface area contributed by atoms with Crippen LogP contribution in [0, 0.1) is 12.7 Å². The van der Waals surface area contributed by atoms with E-state index in [4.69, 9.17) is 0 Å². The Morgan fingerprint density at radius 2 is 1.89 bits per heavy atom. The van der Waals surface area contributed by atoms with Crippen molar-refractivity contribution in [3.63, 3.8) is 0 Å². The lowest BCUT2D eigenvalue weighted by atomic mass is 9.87. The minimum Gasteiger partial charge on any atom is -0.364 e. The van der Waals surface area contributed by atoms with Gasteiger partial charge in [-0.3, -0.25) is 4.79 Å². The van der Waals surface area contributed by atoms with Crippen LogP contribution in [0.1, 0.15) is 49.0 Å². The molecule has 0 N–H and O–H groups in total. The summed E-state index contributed by atoms with van der Waals surface area (Å²) in [6, 6.07) is 14.6. The van der Waals surface area contributed by atoms with Crippen LogP contribution < -0.4 is 4.90 Å². The average molecular weight is 366 g/mol. The van der Waals surface area contributed by atoms with Crippen LogP contribution in [-0.2, 0) is 0 Å². The van der Waals surface area contributed by atoms with Crippen LogP contribution in [0.25, 0.3) is 0 Å². The van der Waals surface area contributed by atoms with Gasteiger partial charge in [0.05, 0.1) is 5.54 Å². The molecule has 1 amide bonds. The molecule has 0 radical (unpaired) electrons. The van der Waals surface area contributed by atoms with E-state index >= 15 is 0 Å². The monoisotopic (exact) mass is 366 g/mol. The minimum absolute atomic E-state index is 0.127. The summed E-state index contributed by atoms with van der Waals surface area (Å²) in [6.45, 7) is 7.93. The highest BCUT2D eigenvalue weighted by Crippen LogP contribution is 2.47. The molecule has 2 aromatic rings. The normalized spacial score (nSPS) is 24.0. The molecule has 2 saturated heterocycles. The predicted molar refractivity (Wildman–Crippen MR) is 107 cm³/mol. The Morgan fingerprint density at radius 1 is 1.11 bits per heavy atom. The van der Waals surface area contributed by atoms with E-state index < -0.39 is 0 Å². The van der Waals surface area contributed by atoms with E-state index in [1.807, 2.05) is 37.3 Å². The maximum atomic E-state index is 13.8. The second kappa shape index (κ2) is 6.36. The first-order valence-corrected chi connectivity index (χ1v) is 9.73. The zero-order valence-corrected chi connectivity index (χ0v) is 16.3. The van der Waals surface area contributed by atoms with Gasteiger partial charge in [0.25, 0.3) is 5.91 Å². The number of benzene rings is 2. The van der Waals surface area contributed by atoms with Gasteiger partial charge in [-0.15, -0.1) is 0 Å². The number of aryl methyl sites for hydroxylation is 1. The number of carbonyl (C=O) groups excluding carboxylic acids is 1. The molecule has 3 nitrogen and oxygen atoms in total. The fraction of sp³-hybridized carbons (Fsp3) is 0.435. The fourth-order valence-corrected chi connectivity index (χ4v) is 5.11. The Morgan fingerprint density at radius 3 is 2.63 bits per heavy atom. The van der Waals surface area contributed by atoms with Crippen LogP contribution in [0.4, 0.5) is 10.1 Å². The maximum Gasteiger partial charge on any atom is 0.254 e. The molecule has 27 heavy (non-hydrogen) atoms. The van der Waals surface area contributed by atoms with E-state index in [2.05, 4.69) is 23.6 Å². The van der Waals surface area contributed by atoms with Crippen LogP contribution in [0.15, 0.2) is 48.5 Å². The van der Waals surface area contributed by atoms with Gasteiger partial charge >= 0.3 is 0 Å². The molecule has 0 bridgehead atoms. The molecular weight excluding hydrogens is 339 g/mol. The molecule has 0 aliphatic carbocycles. The Bertz CT molecular complexity index is 878. The summed E-state index contributed by atoms with van der Waals surface area (Å²) < 4.78 is 13.8. The first-order valence-electron chi connectivity index (χ1n) is 9.73. The molecule has 1 unspecified atom stereocenters. The number of rotatable bonds is 2. The van der Waals surface area contributed by atoms with Crippen molar-refractivity contribution in [1.82, 2.24) is 4.90 Å². The van der Waals surface area contributed by atoms with Crippen molar-refractivity contribution >= 4 is 11.6 Å². The molecule has 0 saturated carbocycles. The van der Waals surface area contributed by atoms with Gasteiger partial charge in [0.1, 0.15) is 5.82 Å². The van der Waals surface area contributed by atoms with Gasteiger partial charge < -0.3 is 9.80 Å². The number of hydrogen-bond acceptors (Lipinski definition) is 2. The number of anilines is 1. The lowest BCUT2D eigenvalue weighted by Gasteiger charge is -2.35. The number of likely N-dealkylation sites (tertiary alicyclic amines) is 1. The SMILES string of the molecule is Cc1ccccc1C(=O)N1CCCC12CN(c1cccc(F)c1)C(C)(C)C2. The molecule has 2 fully saturated rings. The van der Waals surface area contributed by atoms with Crippen LogP contribution in [0.5, 0.6) is 0 Å². The fourth-order valence-electron chi connectivity index (χ4n) is 5.11. The third-order valence-electron chi connectivity index (χ3n) is 6.28. The average Bonchev–Trinajstić information content (AvgIpc) is 3.14. The quantitative estimate of drug-likeness (QED) is 0.762. The molecular formula is C23H27FN2O. The molecule has 2 heterocycles. The molecule has 0 aromatic heterocycles. The summed E-state index contributed by atoms with van der Waals surface area (Å²) in [5.74, 6) is -0.0917. The maximum absolute atomic E-state index is 13.8. The topological polar surface area (TPSA) is 23.6 Å². The third kappa shape index (κ3) is 3.01. The second-order valence-electron chi connectivity index (χ2n) is 8.65. The molecule has 2 aliphatic rings. The minimum atomic E-state index is -0.219.